The van der Waals surface area contributed by atoms with E-state index in [1.54, 1.807) is 0 Å². The number of hydrogen-bond donors (Lipinski definition) is 1. The van der Waals surface area contributed by atoms with Crippen LogP contribution in [0.25, 0.3) is 0 Å². The van der Waals surface area contributed by atoms with Gasteiger partial charge >= 0.3 is 5.69 Å². The Kier molecular flexibility index (Phi) is 8.18. The maximum Gasteiger partial charge on any atom is 0.353 e. The summed E-state index contributed by atoms with van der Waals surface area (Å²) in [6.07, 6.45) is 1.41. The third kappa shape index (κ3) is 6.59. The van der Waals surface area contributed by atoms with Crippen molar-refractivity contribution in [2.75, 3.05) is 62.7 Å². The monoisotopic (exact) mass is 380 g/mol. The molecule has 2 rings (SSSR count). The highest BCUT2D eigenvalue weighted by Crippen LogP contribution is 2.32. The number of nitro groups is 1. The molecule has 0 aromatic carbocycles. The van der Waals surface area contributed by atoms with Gasteiger partial charge in [0.2, 0.25) is 11.6 Å². The second kappa shape index (κ2) is 10.4. The van der Waals surface area contributed by atoms with Crippen molar-refractivity contribution in [2.24, 2.45) is 11.8 Å². The van der Waals surface area contributed by atoms with Crippen molar-refractivity contribution in [1.82, 2.24) is 14.9 Å². The molecule has 1 aromatic heterocycles. The van der Waals surface area contributed by atoms with Gasteiger partial charge in [0.05, 0.1) is 18.1 Å². The van der Waals surface area contributed by atoms with E-state index in [1.165, 1.54) is 6.33 Å². The second-order valence-electron chi connectivity index (χ2n) is 7.73. The van der Waals surface area contributed by atoms with E-state index in [2.05, 4.69) is 47.9 Å². The zero-order valence-electron chi connectivity index (χ0n) is 16.8. The summed E-state index contributed by atoms with van der Waals surface area (Å²) in [5.41, 5.74) is -0.0409. The summed E-state index contributed by atoms with van der Waals surface area (Å²) in [5.74, 6) is 1.43. The minimum Gasteiger partial charge on any atom is -0.379 e. The van der Waals surface area contributed by atoms with Crippen LogP contribution < -0.4 is 10.2 Å². The van der Waals surface area contributed by atoms with Crippen LogP contribution >= 0.6 is 0 Å². The van der Waals surface area contributed by atoms with Crippen molar-refractivity contribution in [1.29, 1.82) is 0 Å². The van der Waals surface area contributed by atoms with Crippen LogP contribution in [0.4, 0.5) is 17.3 Å². The van der Waals surface area contributed by atoms with Crippen molar-refractivity contribution in [3.8, 4) is 0 Å². The molecular weight excluding hydrogens is 348 g/mol. The van der Waals surface area contributed by atoms with Crippen LogP contribution in [0.1, 0.15) is 27.7 Å². The molecule has 1 aliphatic rings. The highest BCUT2D eigenvalue weighted by atomic mass is 16.6. The topological polar surface area (TPSA) is 96.7 Å². The van der Waals surface area contributed by atoms with Gasteiger partial charge in [-0.2, -0.15) is 0 Å². The van der Waals surface area contributed by atoms with Crippen LogP contribution in [0.2, 0.25) is 0 Å². The Morgan fingerprint density at radius 3 is 2.41 bits per heavy atom. The van der Waals surface area contributed by atoms with Gasteiger partial charge in [0.1, 0.15) is 6.33 Å². The molecule has 152 valence electrons. The highest BCUT2D eigenvalue weighted by Gasteiger charge is 2.27. The molecule has 0 unspecified atom stereocenters. The molecule has 0 spiro atoms. The Morgan fingerprint density at radius 1 is 1.22 bits per heavy atom. The Bertz CT molecular complexity index is 595. The van der Waals surface area contributed by atoms with Crippen LogP contribution in [-0.2, 0) is 4.74 Å². The summed E-state index contributed by atoms with van der Waals surface area (Å²) in [5, 5.41) is 15.0. The third-order valence-electron chi connectivity index (χ3n) is 4.28. The van der Waals surface area contributed by atoms with Crippen LogP contribution in [-0.4, -0.2) is 72.3 Å². The van der Waals surface area contributed by atoms with Gasteiger partial charge in [-0.3, -0.25) is 15.0 Å². The van der Waals surface area contributed by atoms with Gasteiger partial charge in [-0.1, -0.05) is 27.7 Å². The summed E-state index contributed by atoms with van der Waals surface area (Å²) >= 11 is 0. The molecule has 9 heteroatoms. The van der Waals surface area contributed by atoms with Gasteiger partial charge in [-0.15, -0.1) is 0 Å². The van der Waals surface area contributed by atoms with Gasteiger partial charge in [0.15, 0.2) is 0 Å². The number of anilines is 2. The first-order valence-corrected chi connectivity index (χ1v) is 9.66. The number of hydrogen-bond acceptors (Lipinski definition) is 8. The van der Waals surface area contributed by atoms with E-state index in [-0.39, 0.29) is 16.4 Å². The fraction of sp³-hybridized carbons (Fsp3) is 0.778. The van der Waals surface area contributed by atoms with Crippen LogP contribution in [0.5, 0.6) is 0 Å². The molecule has 0 saturated carbocycles. The minimum atomic E-state index is -0.375. The molecule has 1 fully saturated rings. The molecule has 0 bridgehead atoms. The zero-order chi connectivity index (χ0) is 19.8. The average molecular weight is 380 g/mol. The average Bonchev–Trinajstić information content (AvgIpc) is 2.61. The smallest absolute Gasteiger partial charge is 0.353 e. The molecule has 9 nitrogen and oxygen atoms in total. The van der Waals surface area contributed by atoms with Gasteiger partial charge in [0, 0.05) is 39.3 Å². The first kappa shape index (κ1) is 21.3. The number of aromatic nitrogens is 2. The Hall–Kier alpha value is -2.00. The van der Waals surface area contributed by atoms with Gasteiger partial charge in [0.25, 0.3) is 0 Å². The minimum absolute atomic E-state index is 0.0409. The van der Waals surface area contributed by atoms with E-state index in [1.807, 2.05) is 4.90 Å². The lowest BCUT2D eigenvalue weighted by atomic mass is 10.1. The predicted octanol–water partition coefficient (Wildman–Crippen LogP) is 2.25. The van der Waals surface area contributed by atoms with Crippen LogP contribution in [0, 0.1) is 22.0 Å². The lowest BCUT2D eigenvalue weighted by Crippen LogP contribution is -2.39. The molecule has 1 aliphatic heterocycles. The van der Waals surface area contributed by atoms with E-state index in [0.717, 1.165) is 32.8 Å². The van der Waals surface area contributed by atoms with Crippen molar-refractivity contribution in [3.63, 3.8) is 0 Å². The summed E-state index contributed by atoms with van der Waals surface area (Å²) < 4.78 is 5.34. The molecule has 2 heterocycles. The number of rotatable bonds is 10. The molecule has 0 radical (unpaired) electrons. The quantitative estimate of drug-likeness (QED) is 0.488. The number of ether oxygens (including phenoxy) is 1. The Labute approximate surface area is 161 Å². The number of nitrogens with zero attached hydrogens (tertiary/aromatic N) is 5. The summed E-state index contributed by atoms with van der Waals surface area (Å²) in [4.78, 5) is 24.1. The molecule has 27 heavy (non-hydrogen) atoms. The summed E-state index contributed by atoms with van der Waals surface area (Å²) in [7, 11) is 0. The molecule has 1 N–H and O–H groups in total. The van der Waals surface area contributed by atoms with Crippen molar-refractivity contribution < 1.29 is 9.66 Å². The lowest BCUT2D eigenvalue weighted by molar-refractivity contribution is -0.383. The van der Waals surface area contributed by atoms with Crippen molar-refractivity contribution in [3.05, 3.63) is 16.4 Å². The fourth-order valence-electron chi connectivity index (χ4n) is 3.18. The standard InChI is InChI=1S/C18H32N6O3/c1-14(2)11-23(12-15(3)4)18-16(24(25)26)17(20-13-21-18)19-5-6-22-7-9-27-10-8-22/h13-15H,5-12H2,1-4H3,(H,19,20,21). The van der Waals surface area contributed by atoms with E-state index >= 15 is 0 Å². The summed E-state index contributed by atoms with van der Waals surface area (Å²) in [6.45, 7) is 14.4. The maximum atomic E-state index is 11.8. The molecule has 1 saturated heterocycles. The first-order valence-electron chi connectivity index (χ1n) is 9.66. The van der Waals surface area contributed by atoms with Gasteiger partial charge < -0.3 is 15.0 Å². The molecule has 0 atom stereocenters. The number of morpholine rings is 1. The van der Waals surface area contributed by atoms with Crippen molar-refractivity contribution >= 4 is 17.3 Å². The molecule has 1 aromatic rings. The largest absolute Gasteiger partial charge is 0.379 e. The maximum absolute atomic E-state index is 11.8. The van der Waals surface area contributed by atoms with Crippen molar-refractivity contribution in [2.45, 2.75) is 27.7 Å². The van der Waals surface area contributed by atoms with E-state index in [9.17, 15) is 10.1 Å². The normalized spacial score (nSPS) is 15.3. The van der Waals surface area contributed by atoms with Gasteiger partial charge in [-0.25, -0.2) is 9.97 Å². The Balaban J connectivity index is 2.16. The molecular formula is C18H32N6O3. The first-order chi connectivity index (χ1) is 12.9. The Morgan fingerprint density at radius 2 is 1.85 bits per heavy atom. The van der Waals surface area contributed by atoms with E-state index in [0.29, 0.717) is 37.3 Å². The molecule has 0 amide bonds. The second-order valence-corrected chi connectivity index (χ2v) is 7.73. The van der Waals surface area contributed by atoms with Gasteiger partial charge in [-0.05, 0) is 11.8 Å². The number of nitrogens with one attached hydrogen (secondary N) is 1. The summed E-state index contributed by atoms with van der Waals surface area (Å²) in [6, 6.07) is 0. The highest BCUT2D eigenvalue weighted by molar-refractivity contribution is 5.70. The SMILES string of the molecule is CC(C)CN(CC(C)C)c1ncnc(NCCN2CCOCC2)c1[N+](=O)[O-]. The van der Waals surface area contributed by atoms with Crippen LogP contribution in [0.3, 0.4) is 0 Å². The molecule has 0 aliphatic carbocycles. The predicted molar refractivity (Wildman–Crippen MR) is 106 cm³/mol. The third-order valence-corrected chi connectivity index (χ3v) is 4.28. The lowest BCUT2D eigenvalue weighted by Gasteiger charge is -2.28. The van der Waals surface area contributed by atoms with E-state index < -0.39 is 0 Å². The van der Waals surface area contributed by atoms with E-state index in [4.69, 9.17) is 4.74 Å². The zero-order valence-corrected chi connectivity index (χ0v) is 16.8. The fourth-order valence-corrected chi connectivity index (χ4v) is 3.18. The van der Waals surface area contributed by atoms with Crippen LogP contribution in [0.15, 0.2) is 6.33 Å².